The predicted molar refractivity (Wildman–Crippen MR) is 57.8 cm³/mol. The highest BCUT2D eigenvalue weighted by Crippen LogP contribution is 2.11. The van der Waals surface area contributed by atoms with Crippen molar-refractivity contribution >= 4 is 0 Å². The summed E-state index contributed by atoms with van der Waals surface area (Å²) >= 11 is 0. The lowest BCUT2D eigenvalue weighted by Crippen LogP contribution is -2.07. The molecule has 0 amide bonds. The fraction of sp³-hybridized carbons (Fsp3) is 0.167. The van der Waals surface area contributed by atoms with Gasteiger partial charge in [-0.1, -0.05) is 6.07 Å². The van der Waals surface area contributed by atoms with E-state index in [-0.39, 0.29) is 0 Å². The van der Waals surface area contributed by atoms with E-state index in [0.717, 1.165) is 11.8 Å². The number of aromatic nitrogens is 1. The zero-order chi connectivity index (χ0) is 11.5. The van der Waals surface area contributed by atoms with Gasteiger partial charge in [0.1, 0.15) is 0 Å². The average molecular weight is 222 g/mol. The molecule has 2 rings (SSSR count). The summed E-state index contributed by atoms with van der Waals surface area (Å²) in [4.78, 5) is 0. The third-order valence-electron chi connectivity index (χ3n) is 2.47. The van der Waals surface area contributed by atoms with Crippen LogP contribution in [0.15, 0.2) is 36.5 Å². The van der Waals surface area contributed by atoms with E-state index in [1.54, 1.807) is 6.07 Å². The van der Waals surface area contributed by atoms with Gasteiger partial charge in [-0.05, 0) is 29.8 Å². The topological polar surface area (TPSA) is 30.9 Å². The number of hydrogen-bond donors (Lipinski definition) is 1. The third kappa shape index (κ3) is 2.12. The SMILES string of the molecule is NCc1cccn1Cc1ccc(F)c(F)c1. The Hall–Kier alpha value is -1.68. The lowest BCUT2D eigenvalue weighted by Gasteiger charge is -2.08. The minimum Gasteiger partial charge on any atom is -0.346 e. The van der Waals surface area contributed by atoms with Crippen molar-refractivity contribution in [1.82, 2.24) is 4.57 Å². The molecule has 0 atom stereocenters. The van der Waals surface area contributed by atoms with E-state index in [4.69, 9.17) is 5.73 Å². The van der Waals surface area contributed by atoms with Crippen LogP contribution >= 0.6 is 0 Å². The van der Waals surface area contributed by atoms with Gasteiger partial charge in [0, 0.05) is 25.0 Å². The van der Waals surface area contributed by atoms with Crippen molar-refractivity contribution in [2.24, 2.45) is 5.73 Å². The van der Waals surface area contributed by atoms with Crippen LogP contribution in [0.1, 0.15) is 11.3 Å². The molecule has 0 saturated carbocycles. The molecule has 84 valence electrons. The normalized spacial score (nSPS) is 10.7. The van der Waals surface area contributed by atoms with Crippen LogP contribution in [0, 0.1) is 11.6 Å². The van der Waals surface area contributed by atoms with Gasteiger partial charge in [-0.15, -0.1) is 0 Å². The van der Waals surface area contributed by atoms with Crippen LogP contribution in [0.3, 0.4) is 0 Å². The fourth-order valence-corrected chi connectivity index (χ4v) is 1.62. The van der Waals surface area contributed by atoms with Gasteiger partial charge in [-0.2, -0.15) is 0 Å². The summed E-state index contributed by atoms with van der Waals surface area (Å²) in [6.45, 7) is 0.924. The number of nitrogens with two attached hydrogens (primary N) is 1. The van der Waals surface area contributed by atoms with Crippen LogP contribution in [-0.2, 0) is 13.1 Å². The quantitative estimate of drug-likeness (QED) is 0.848. The molecule has 0 bridgehead atoms. The van der Waals surface area contributed by atoms with E-state index >= 15 is 0 Å². The fourth-order valence-electron chi connectivity index (χ4n) is 1.62. The first kappa shape index (κ1) is 10.8. The highest BCUT2D eigenvalue weighted by Gasteiger charge is 2.04. The zero-order valence-electron chi connectivity index (χ0n) is 8.66. The maximum Gasteiger partial charge on any atom is 0.159 e. The van der Waals surface area contributed by atoms with Gasteiger partial charge >= 0.3 is 0 Å². The number of halogens is 2. The lowest BCUT2D eigenvalue weighted by molar-refractivity contribution is 0.506. The third-order valence-corrected chi connectivity index (χ3v) is 2.47. The number of nitrogens with zero attached hydrogens (tertiary/aromatic N) is 1. The first-order valence-electron chi connectivity index (χ1n) is 4.98. The van der Waals surface area contributed by atoms with E-state index in [9.17, 15) is 8.78 Å². The van der Waals surface area contributed by atoms with Crippen molar-refractivity contribution in [2.45, 2.75) is 13.1 Å². The molecule has 4 heteroatoms. The molecule has 2 N–H and O–H groups in total. The highest BCUT2D eigenvalue weighted by atomic mass is 19.2. The van der Waals surface area contributed by atoms with Gasteiger partial charge < -0.3 is 10.3 Å². The van der Waals surface area contributed by atoms with Crippen LogP contribution in [0.2, 0.25) is 0 Å². The second kappa shape index (κ2) is 4.45. The molecule has 2 aromatic rings. The van der Waals surface area contributed by atoms with Crippen LogP contribution in [0.4, 0.5) is 8.78 Å². The van der Waals surface area contributed by atoms with Gasteiger partial charge in [0.25, 0.3) is 0 Å². The molecular weight excluding hydrogens is 210 g/mol. The smallest absolute Gasteiger partial charge is 0.159 e. The summed E-state index contributed by atoms with van der Waals surface area (Å²) in [7, 11) is 0. The van der Waals surface area contributed by atoms with Gasteiger partial charge in [0.2, 0.25) is 0 Å². The van der Waals surface area contributed by atoms with Gasteiger partial charge in [-0.25, -0.2) is 8.78 Å². The van der Waals surface area contributed by atoms with Gasteiger partial charge in [-0.3, -0.25) is 0 Å². The molecule has 0 aliphatic heterocycles. The summed E-state index contributed by atoms with van der Waals surface area (Å²) in [5.74, 6) is -1.64. The summed E-state index contributed by atoms with van der Waals surface area (Å²) in [5, 5.41) is 0. The van der Waals surface area contributed by atoms with Crippen LogP contribution < -0.4 is 5.73 Å². The largest absolute Gasteiger partial charge is 0.346 e. The number of rotatable bonds is 3. The summed E-state index contributed by atoms with van der Waals surface area (Å²) in [6, 6.07) is 7.69. The molecule has 0 unspecified atom stereocenters. The van der Waals surface area contributed by atoms with Crippen LogP contribution in [-0.4, -0.2) is 4.57 Å². The standard InChI is InChI=1S/C12H12F2N2/c13-11-4-3-9(6-12(11)14)8-16-5-1-2-10(16)7-15/h1-6H,7-8,15H2. The second-order valence-electron chi connectivity index (χ2n) is 3.58. The molecule has 1 heterocycles. The van der Waals surface area contributed by atoms with Crippen molar-refractivity contribution < 1.29 is 8.78 Å². The van der Waals surface area contributed by atoms with Gasteiger partial charge in [0.15, 0.2) is 11.6 Å². The zero-order valence-corrected chi connectivity index (χ0v) is 8.66. The first-order chi connectivity index (χ1) is 7.70. The van der Waals surface area contributed by atoms with E-state index in [1.807, 2.05) is 22.9 Å². The number of benzene rings is 1. The van der Waals surface area contributed by atoms with Crippen LogP contribution in [0.25, 0.3) is 0 Å². The Balaban J connectivity index is 2.24. The van der Waals surface area contributed by atoms with Gasteiger partial charge in [0.05, 0.1) is 0 Å². The van der Waals surface area contributed by atoms with Crippen molar-refractivity contribution in [1.29, 1.82) is 0 Å². The summed E-state index contributed by atoms with van der Waals surface area (Å²) in [6.07, 6.45) is 1.86. The van der Waals surface area contributed by atoms with Crippen molar-refractivity contribution in [3.05, 3.63) is 59.4 Å². The Morgan fingerprint density at radius 3 is 2.62 bits per heavy atom. The Kier molecular flexibility index (Phi) is 3.01. The summed E-state index contributed by atoms with van der Waals surface area (Å²) < 4.78 is 27.6. The number of hydrogen-bond acceptors (Lipinski definition) is 1. The molecule has 1 aromatic carbocycles. The Labute approximate surface area is 92.3 Å². The Morgan fingerprint density at radius 1 is 1.12 bits per heavy atom. The lowest BCUT2D eigenvalue weighted by atomic mass is 10.2. The van der Waals surface area contributed by atoms with E-state index in [2.05, 4.69) is 0 Å². The van der Waals surface area contributed by atoms with E-state index in [0.29, 0.717) is 18.7 Å². The molecule has 0 aliphatic rings. The molecule has 1 aromatic heterocycles. The second-order valence-corrected chi connectivity index (χ2v) is 3.58. The van der Waals surface area contributed by atoms with Crippen molar-refractivity contribution in [3.63, 3.8) is 0 Å². The first-order valence-corrected chi connectivity index (χ1v) is 4.98. The van der Waals surface area contributed by atoms with E-state index < -0.39 is 11.6 Å². The maximum absolute atomic E-state index is 13.0. The molecular formula is C12H12F2N2. The van der Waals surface area contributed by atoms with Crippen molar-refractivity contribution in [2.75, 3.05) is 0 Å². The molecule has 2 nitrogen and oxygen atoms in total. The molecule has 0 spiro atoms. The molecule has 0 radical (unpaired) electrons. The highest BCUT2D eigenvalue weighted by molar-refractivity contribution is 5.19. The predicted octanol–water partition coefficient (Wildman–Crippen LogP) is 2.27. The Bertz CT molecular complexity index is 492. The monoisotopic (exact) mass is 222 g/mol. The molecule has 0 fully saturated rings. The van der Waals surface area contributed by atoms with E-state index in [1.165, 1.54) is 6.07 Å². The molecule has 0 saturated heterocycles. The average Bonchev–Trinajstić information content (AvgIpc) is 2.71. The maximum atomic E-state index is 13.0. The minimum absolute atomic E-state index is 0.427. The summed E-state index contributed by atoms with van der Waals surface area (Å²) in [5.41, 5.74) is 7.22. The molecule has 16 heavy (non-hydrogen) atoms. The Morgan fingerprint density at radius 2 is 1.94 bits per heavy atom. The van der Waals surface area contributed by atoms with Crippen molar-refractivity contribution in [3.8, 4) is 0 Å². The van der Waals surface area contributed by atoms with Crippen LogP contribution in [0.5, 0.6) is 0 Å². The minimum atomic E-state index is -0.824. The molecule has 0 aliphatic carbocycles.